The molecule has 2 rings (SSSR count). The van der Waals surface area contributed by atoms with E-state index in [2.05, 4.69) is 44.6 Å². The van der Waals surface area contributed by atoms with Crippen molar-refractivity contribution >= 4 is 27.5 Å². The van der Waals surface area contributed by atoms with Crippen molar-refractivity contribution < 1.29 is 0 Å². The SMILES string of the molecule is CCN(CC)CCc1nc(Cl)c(Br)c(C2CC2)n1. The second kappa shape index (κ2) is 6.31. The van der Waals surface area contributed by atoms with E-state index in [9.17, 15) is 0 Å². The Hall–Kier alpha value is -0.190. The molecule has 0 atom stereocenters. The largest absolute Gasteiger partial charge is 0.303 e. The standard InChI is InChI=1S/C13H19BrClN3/c1-3-18(4-2)8-7-10-16-12(9-5-6-9)11(14)13(15)17-10/h9H,3-8H2,1-2H3. The van der Waals surface area contributed by atoms with E-state index in [0.717, 1.165) is 42.0 Å². The lowest BCUT2D eigenvalue weighted by Crippen LogP contribution is -2.26. The van der Waals surface area contributed by atoms with Crippen LogP contribution >= 0.6 is 27.5 Å². The van der Waals surface area contributed by atoms with E-state index >= 15 is 0 Å². The summed E-state index contributed by atoms with van der Waals surface area (Å²) in [6, 6.07) is 0. The molecule has 0 unspecified atom stereocenters. The summed E-state index contributed by atoms with van der Waals surface area (Å²) in [4.78, 5) is 11.4. The Bertz CT molecular complexity index is 417. The number of nitrogens with zero attached hydrogens (tertiary/aromatic N) is 3. The number of hydrogen-bond acceptors (Lipinski definition) is 3. The van der Waals surface area contributed by atoms with Gasteiger partial charge in [0.1, 0.15) is 11.0 Å². The Morgan fingerprint density at radius 2 is 1.94 bits per heavy atom. The van der Waals surface area contributed by atoms with Crippen LogP contribution in [0.3, 0.4) is 0 Å². The number of rotatable bonds is 6. The smallest absolute Gasteiger partial charge is 0.147 e. The summed E-state index contributed by atoms with van der Waals surface area (Å²) in [7, 11) is 0. The van der Waals surface area contributed by atoms with Gasteiger partial charge in [-0.15, -0.1) is 0 Å². The van der Waals surface area contributed by atoms with E-state index in [1.807, 2.05) is 0 Å². The van der Waals surface area contributed by atoms with Gasteiger partial charge in [0.25, 0.3) is 0 Å². The maximum atomic E-state index is 6.16. The first-order chi connectivity index (χ1) is 8.65. The lowest BCUT2D eigenvalue weighted by atomic mass is 10.2. The molecule has 1 saturated carbocycles. The van der Waals surface area contributed by atoms with Gasteiger partial charge in [0.2, 0.25) is 0 Å². The molecule has 0 aliphatic heterocycles. The van der Waals surface area contributed by atoms with Crippen LogP contribution in [0, 0.1) is 0 Å². The van der Waals surface area contributed by atoms with Crippen molar-refractivity contribution in [2.75, 3.05) is 19.6 Å². The third kappa shape index (κ3) is 3.43. The molecule has 1 aliphatic carbocycles. The molecule has 0 amide bonds. The summed E-state index contributed by atoms with van der Waals surface area (Å²) in [5.41, 5.74) is 1.10. The van der Waals surface area contributed by atoms with Gasteiger partial charge in [-0.3, -0.25) is 0 Å². The maximum Gasteiger partial charge on any atom is 0.147 e. The molecular weight excluding hydrogens is 314 g/mol. The monoisotopic (exact) mass is 331 g/mol. The van der Waals surface area contributed by atoms with Crippen LogP contribution in [0.2, 0.25) is 5.15 Å². The molecule has 1 aliphatic rings. The third-order valence-corrected chi connectivity index (χ3v) is 4.68. The van der Waals surface area contributed by atoms with Crippen molar-refractivity contribution in [1.29, 1.82) is 0 Å². The van der Waals surface area contributed by atoms with Gasteiger partial charge >= 0.3 is 0 Å². The van der Waals surface area contributed by atoms with Crippen molar-refractivity contribution in [3.8, 4) is 0 Å². The molecule has 18 heavy (non-hydrogen) atoms. The van der Waals surface area contributed by atoms with E-state index in [-0.39, 0.29) is 0 Å². The summed E-state index contributed by atoms with van der Waals surface area (Å²) in [6.45, 7) is 7.48. The molecular formula is C13H19BrClN3. The van der Waals surface area contributed by atoms with Crippen LogP contribution in [0.1, 0.15) is 44.1 Å². The molecule has 0 saturated heterocycles. The molecule has 1 fully saturated rings. The number of aromatic nitrogens is 2. The second-order valence-electron chi connectivity index (χ2n) is 4.68. The summed E-state index contributed by atoms with van der Waals surface area (Å²) >= 11 is 9.66. The molecule has 0 radical (unpaired) electrons. The van der Waals surface area contributed by atoms with E-state index in [1.54, 1.807) is 0 Å². The van der Waals surface area contributed by atoms with Gasteiger partial charge in [0.05, 0.1) is 10.2 Å². The van der Waals surface area contributed by atoms with Gasteiger partial charge in [-0.1, -0.05) is 25.4 Å². The Kier molecular flexibility index (Phi) is 4.98. The van der Waals surface area contributed by atoms with Crippen LogP contribution in [-0.4, -0.2) is 34.5 Å². The molecule has 0 bridgehead atoms. The van der Waals surface area contributed by atoms with Crippen molar-refractivity contribution in [3.05, 3.63) is 21.1 Å². The van der Waals surface area contributed by atoms with E-state index in [1.165, 1.54) is 12.8 Å². The van der Waals surface area contributed by atoms with Crippen LogP contribution in [-0.2, 0) is 6.42 Å². The first-order valence-corrected chi connectivity index (χ1v) is 7.76. The van der Waals surface area contributed by atoms with Crippen molar-refractivity contribution in [3.63, 3.8) is 0 Å². The van der Waals surface area contributed by atoms with Crippen LogP contribution < -0.4 is 0 Å². The van der Waals surface area contributed by atoms with E-state index in [0.29, 0.717) is 11.1 Å². The van der Waals surface area contributed by atoms with Gasteiger partial charge in [-0.2, -0.15) is 0 Å². The van der Waals surface area contributed by atoms with Crippen LogP contribution in [0.25, 0.3) is 0 Å². The predicted molar refractivity (Wildman–Crippen MR) is 78.2 cm³/mol. The zero-order valence-electron chi connectivity index (χ0n) is 10.9. The fourth-order valence-corrected chi connectivity index (χ4v) is 2.71. The summed E-state index contributed by atoms with van der Waals surface area (Å²) in [5, 5.41) is 0.557. The molecule has 5 heteroatoms. The quantitative estimate of drug-likeness (QED) is 0.745. The normalized spacial score (nSPS) is 15.4. The number of likely N-dealkylation sites (N-methyl/N-ethyl adjacent to an activating group) is 1. The Labute approximate surface area is 122 Å². The molecule has 3 nitrogen and oxygen atoms in total. The lowest BCUT2D eigenvalue weighted by molar-refractivity contribution is 0.305. The Balaban J connectivity index is 2.08. The summed E-state index contributed by atoms with van der Waals surface area (Å²) in [6.07, 6.45) is 3.32. The Morgan fingerprint density at radius 1 is 1.28 bits per heavy atom. The molecule has 0 spiro atoms. The molecule has 0 N–H and O–H groups in total. The topological polar surface area (TPSA) is 29.0 Å². The Morgan fingerprint density at radius 3 is 2.50 bits per heavy atom. The van der Waals surface area contributed by atoms with Gasteiger partial charge in [-0.05, 0) is 41.9 Å². The highest BCUT2D eigenvalue weighted by atomic mass is 79.9. The molecule has 100 valence electrons. The fraction of sp³-hybridized carbons (Fsp3) is 0.692. The second-order valence-corrected chi connectivity index (χ2v) is 5.83. The van der Waals surface area contributed by atoms with Crippen LogP contribution in [0.15, 0.2) is 4.47 Å². The fourth-order valence-electron chi connectivity index (χ4n) is 2.02. The average molecular weight is 333 g/mol. The third-order valence-electron chi connectivity index (χ3n) is 3.39. The molecule has 1 aromatic rings. The zero-order valence-corrected chi connectivity index (χ0v) is 13.3. The van der Waals surface area contributed by atoms with E-state index < -0.39 is 0 Å². The van der Waals surface area contributed by atoms with Crippen LogP contribution in [0.4, 0.5) is 0 Å². The van der Waals surface area contributed by atoms with Gasteiger partial charge in [0, 0.05) is 18.9 Å². The highest BCUT2D eigenvalue weighted by Gasteiger charge is 2.29. The molecule has 1 heterocycles. The van der Waals surface area contributed by atoms with Gasteiger partial charge in [-0.25, -0.2) is 9.97 Å². The number of halogens is 2. The first kappa shape index (κ1) is 14.2. The minimum Gasteiger partial charge on any atom is -0.303 e. The average Bonchev–Trinajstić information content (AvgIpc) is 3.18. The molecule has 0 aromatic carbocycles. The maximum absolute atomic E-state index is 6.16. The predicted octanol–water partition coefficient (Wildman–Crippen LogP) is 3.65. The highest BCUT2D eigenvalue weighted by Crippen LogP contribution is 2.43. The van der Waals surface area contributed by atoms with Crippen LogP contribution in [0.5, 0.6) is 0 Å². The van der Waals surface area contributed by atoms with Gasteiger partial charge in [0.15, 0.2) is 0 Å². The van der Waals surface area contributed by atoms with Gasteiger partial charge < -0.3 is 4.90 Å². The minimum absolute atomic E-state index is 0.557. The minimum atomic E-state index is 0.557. The highest BCUT2D eigenvalue weighted by molar-refractivity contribution is 9.10. The zero-order chi connectivity index (χ0) is 13.1. The van der Waals surface area contributed by atoms with Crippen molar-refractivity contribution in [2.24, 2.45) is 0 Å². The first-order valence-electron chi connectivity index (χ1n) is 6.59. The summed E-state index contributed by atoms with van der Waals surface area (Å²) in [5.74, 6) is 1.46. The number of hydrogen-bond donors (Lipinski definition) is 0. The van der Waals surface area contributed by atoms with Crippen molar-refractivity contribution in [1.82, 2.24) is 14.9 Å². The van der Waals surface area contributed by atoms with E-state index in [4.69, 9.17) is 11.6 Å². The summed E-state index contributed by atoms with van der Waals surface area (Å²) < 4.78 is 0.887. The molecule has 1 aromatic heterocycles. The lowest BCUT2D eigenvalue weighted by Gasteiger charge is -2.17. The van der Waals surface area contributed by atoms with Crippen molar-refractivity contribution in [2.45, 2.75) is 39.0 Å².